The molecule has 0 N–H and O–H groups in total. The van der Waals surface area contributed by atoms with Gasteiger partial charge in [0.15, 0.2) is 11.6 Å². The first-order valence-electron chi connectivity index (χ1n) is 10.0. The van der Waals surface area contributed by atoms with E-state index in [-0.39, 0.29) is 22.5 Å². The molecule has 3 rings (SSSR count). The molecule has 0 amide bonds. The van der Waals surface area contributed by atoms with Crippen LogP contribution < -0.4 is 9.47 Å². The smallest absolute Gasteiger partial charge is 0.338 e. The minimum atomic E-state index is -0.791. The van der Waals surface area contributed by atoms with E-state index in [1.165, 1.54) is 25.1 Å². The predicted molar refractivity (Wildman–Crippen MR) is 123 cm³/mol. The summed E-state index contributed by atoms with van der Waals surface area (Å²) in [6.45, 7) is 11.8. The second-order valence-corrected chi connectivity index (χ2v) is 7.66. The van der Waals surface area contributed by atoms with E-state index in [0.29, 0.717) is 22.4 Å². The van der Waals surface area contributed by atoms with Gasteiger partial charge < -0.3 is 9.47 Å². The lowest BCUT2D eigenvalue weighted by Gasteiger charge is -2.11. The van der Waals surface area contributed by atoms with Gasteiger partial charge in [-0.2, -0.15) is 0 Å². The molecule has 33 heavy (non-hydrogen) atoms. The van der Waals surface area contributed by atoms with Crippen molar-refractivity contribution in [2.75, 3.05) is 0 Å². The highest BCUT2D eigenvalue weighted by Gasteiger charge is 2.14. The van der Waals surface area contributed by atoms with Gasteiger partial charge in [-0.15, -0.1) is 0 Å². The van der Waals surface area contributed by atoms with Crippen LogP contribution in [0.5, 0.6) is 11.5 Å². The normalized spacial score (nSPS) is 10.5. The van der Waals surface area contributed by atoms with Gasteiger partial charge in [0, 0.05) is 16.7 Å². The van der Waals surface area contributed by atoms with Crippen molar-refractivity contribution in [1.82, 2.24) is 0 Å². The van der Waals surface area contributed by atoms with E-state index in [9.17, 15) is 18.4 Å². The van der Waals surface area contributed by atoms with Crippen molar-refractivity contribution < 1.29 is 27.8 Å². The third kappa shape index (κ3) is 5.41. The summed E-state index contributed by atoms with van der Waals surface area (Å²) in [7, 11) is 0. The summed E-state index contributed by atoms with van der Waals surface area (Å²) in [6, 6.07) is 13.6. The van der Waals surface area contributed by atoms with E-state index in [1.54, 1.807) is 44.2 Å². The highest BCUT2D eigenvalue weighted by atomic mass is 19.1. The molecule has 0 radical (unpaired) electrons. The molecule has 0 aromatic heterocycles. The summed E-state index contributed by atoms with van der Waals surface area (Å²) in [4.78, 5) is 23.3. The van der Waals surface area contributed by atoms with Gasteiger partial charge in [-0.25, -0.2) is 18.4 Å². The number of halogens is 2. The highest BCUT2D eigenvalue weighted by Crippen LogP contribution is 2.32. The largest absolute Gasteiger partial charge is 0.423 e. The van der Waals surface area contributed by atoms with Crippen molar-refractivity contribution in [2.45, 2.75) is 20.8 Å². The Morgan fingerprint density at radius 2 is 1.18 bits per heavy atom. The first kappa shape index (κ1) is 23.6. The highest BCUT2D eigenvalue weighted by molar-refractivity contribution is 5.89. The maximum absolute atomic E-state index is 14.9. The van der Waals surface area contributed by atoms with Crippen LogP contribution in [-0.2, 0) is 9.59 Å². The molecule has 6 heteroatoms. The van der Waals surface area contributed by atoms with Crippen LogP contribution in [0.2, 0.25) is 0 Å². The number of aryl methyl sites for hydroxylation is 1. The number of hydrogen-bond donors (Lipinski definition) is 0. The maximum atomic E-state index is 14.9. The Bertz CT molecular complexity index is 1290. The zero-order valence-electron chi connectivity index (χ0n) is 18.5. The fraction of sp³-hybridized carbons (Fsp3) is 0.111. The van der Waals surface area contributed by atoms with E-state index in [2.05, 4.69) is 13.2 Å². The third-order valence-electron chi connectivity index (χ3n) is 4.82. The average Bonchev–Trinajstić information content (AvgIpc) is 2.76. The standard InChI is InChI=1S/C27H22F2O4/c1-15(2)26(30)32-24-10-7-18(12-17(24)5)19-6-9-21(22(28)13-19)20-8-11-25(23(29)14-20)33-27(31)16(3)4/h6-14H,1,3H2,2,4-5H3. The van der Waals surface area contributed by atoms with Gasteiger partial charge in [-0.3, -0.25) is 0 Å². The van der Waals surface area contributed by atoms with Crippen molar-refractivity contribution >= 4 is 11.9 Å². The molecule has 3 aromatic carbocycles. The van der Waals surface area contributed by atoms with E-state index in [4.69, 9.17) is 9.47 Å². The number of carbonyl (C=O) groups excluding carboxylic acids is 2. The van der Waals surface area contributed by atoms with E-state index < -0.39 is 23.6 Å². The Balaban J connectivity index is 1.86. The van der Waals surface area contributed by atoms with Gasteiger partial charge in [-0.05, 0) is 73.4 Å². The molecule has 4 nitrogen and oxygen atoms in total. The van der Waals surface area contributed by atoms with Crippen LogP contribution in [0.1, 0.15) is 19.4 Å². The van der Waals surface area contributed by atoms with Crippen LogP contribution in [0.25, 0.3) is 22.3 Å². The average molecular weight is 448 g/mol. The summed E-state index contributed by atoms with van der Waals surface area (Å²) in [5, 5.41) is 0. The Morgan fingerprint density at radius 3 is 1.73 bits per heavy atom. The van der Waals surface area contributed by atoms with Gasteiger partial charge >= 0.3 is 11.9 Å². The quantitative estimate of drug-likeness (QED) is 0.243. The minimum Gasteiger partial charge on any atom is -0.423 e. The molecule has 3 aromatic rings. The van der Waals surface area contributed by atoms with Gasteiger partial charge in [0.25, 0.3) is 0 Å². The zero-order chi connectivity index (χ0) is 24.3. The monoisotopic (exact) mass is 448 g/mol. The van der Waals surface area contributed by atoms with Crippen LogP contribution in [0.4, 0.5) is 8.78 Å². The van der Waals surface area contributed by atoms with Crippen molar-refractivity contribution in [3.63, 3.8) is 0 Å². The lowest BCUT2D eigenvalue weighted by atomic mass is 9.98. The van der Waals surface area contributed by atoms with Crippen LogP contribution in [0.15, 0.2) is 78.9 Å². The van der Waals surface area contributed by atoms with Crippen molar-refractivity contribution in [3.8, 4) is 33.8 Å². The zero-order valence-corrected chi connectivity index (χ0v) is 18.5. The molecular weight excluding hydrogens is 426 g/mol. The number of hydrogen-bond acceptors (Lipinski definition) is 4. The molecule has 168 valence electrons. The number of benzene rings is 3. The van der Waals surface area contributed by atoms with Crippen LogP contribution in [0, 0.1) is 18.6 Å². The molecule has 0 spiro atoms. The number of rotatable bonds is 6. The topological polar surface area (TPSA) is 52.6 Å². The molecule has 0 bridgehead atoms. The molecule has 0 aliphatic rings. The first-order valence-corrected chi connectivity index (χ1v) is 10.0. The van der Waals surface area contributed by atoms with Crippen molar-refractivity contribution in [2.24, 2.45) is 0 Å². The fourth-order valence-corrected chi connectivity index (χ4v) is 3.00. The number of carbonyl (C=O) groups is 2. The van der Waals surface area contributed by atoms with E-state index in [1.807, 2.05) is 0 Å². The fourth-order valence-electron chi connectivity index (χ4n) is 3.00. The molecular formula is C27H22F2O4. The van der Waals surface area contributed by atoms with Crippen molar-refractivity contribution in [3.05, 3.63) is 96.1 Å². The number of esters is 2. The maximum Gasteiger partial charge on any atom is 0.338 e. The summed E-state index contributed by atoms with van der Waals surface area (Å²) in [5.41, 5.74) is 2.94. The third-order valence-corrected chi connectivity index (χ3v) is 4.82. The van der Waals surface area contributed by atoms with Gasteiger partial charge in [-0.1, -0.05) is 37.4 Å². The molecule has 0 heterocycles. The van der Waals surface area contributed by atoms with Gasteiger partial charge in [0.05, 0.1) is 0 Å². The lowest BCUT2D eigenvalue weighted by molar-refractivity contribution is -0.131. The summed E-state index contributed by atoms with van der Waals surface area (Å²) in [6.07, 6.45) is 0. The molecule has 0 fully saturated rings. The van der Waals surface area contributed by atoms with E-state index >= 15 is 0 Å². The second kappa shape index (κ2) is 9.61. The lowest BCUT2D eigenvalue weighted by Crippen LogP contribution is -2.09. The second-order valence-electron chi connectivity index (χ2n) is 7.66. The predicted octanol–water partition coefficient (Wildman–Crippen LogP) is 6.57. The van der Waals surface area contributed by atoms with Crippen LogP contribution in [0.3, 0.4) is 0 Å². The molecule has 0 aliphatic heterocycles. The van der Waals surface area contributed by atoms with E-state index in [0.717, 1.165) is 11.6 Å². The number of ether oxygens (including phenoxy) is 2. The summed E-state index contributed by atoms with van der Waals surface area (Å²) >= 11 is 0. The Kier molecular flexibility index (Phi) is 6.87. The molecule has 0 atom stereocenters. The SMILES string of the molecule is C=C(C)C(=O)Oc1ccc(-c2ccc(-c3ccc(OC(=O)C(=C)C)c(F)c3)c(F)c2)cc1C. The first-order chi connectivity index (χ1) is 15.6. The minimum absolute atomic E-state index is 0.136. The Labute approximate surface area is 190 Å². The molecule has 0 unspecified atom stereocenters. The van der Waals surface area contributed by atoms with Crippen LogP contribution >= 0.6 is 0 Å². The molecule has 0 saturated carbocycles. The summed E-state index contributed by atoms with van der Waals surface area (Å²) < 4.78 is 39.5. The Hall–Kier alpha value is -4.06. The summed E-state index contributed by atoms with van der Waals surface area (Å²) in [5.74, 6) is -2.46. The molecule has 0 saturated heterocycles. The van der Waals surface area contributed by atoms with Gasteiger partial charge in [0.1, 0.15) is 11.6 Å². The Morgan fingerprint density at radius 1 is 0.697 bits per heavy atom. The van der Waals surface area contributed by atoms with Crippen molar-refractivity contribution in [1.29, 1.82) is 0 Å². The van der Waals surface area contributed by atoms with Crippen LogP contribution in [-0.4, -0.2) is 11.9 Å². The van der Waals surface area contributed by atoms with Gasteiger partial charge in [0.2, 0.25) is 0 Å². The molecule has 0 aliphatic carbocycles.